The van der Waals surface area contributed by atoms with Gasteiger partial charge in [0, 0.05) is 80.1 Å². The average molecular weight is 1720 g/mol. The molecule has 2 saturated carbocycles. The first-order chi connectivity index (χ1) is 59.9. The molecule has 0 amide bonds. The lowest BCUT2D eigenvalue weighted by Crippen LogP contribution is -2.53. The van der Waals surface area contributed by atoms with Crippen molar-refractivity contribution in [3.05, 3.63) is 272 Å². The highest BCUT2D eigenvalue weighted by Gasteiger charge is 2.59. The third-order valence-corrected chi connectivity index (χ3v) is 36.4. The van der Waals surface area contributed by atoms with Crippen molar-refractivity contribution in [3.8, 4) is 56.8 Å². The van der Waals surface area contributed by atoms with E-state index in [4.69, 9.17) is 37.9 Å². The second kappa shape index (κ2) is 30.8. The lowest BCUT2D eigenvalue weighted by molar-refractivity contribution is 0.0608. The molecule has 2 unspecified atom stereocenters. The predicted octanol–water partition coefficient (Wildman–Crippen LogP) is 25.6. The van der Waals surface area contributed by atoms with Crippen LogP contribution in [0.4, 0.5) is 11.4 Å². The molecule has 4 aliphatic heterocycles. The molecular formula is C112H122N2O8S2Si. The van der Waals surface area contributed by atoms with Crippen LogP contribution >= 0.6 is 23.5 Å². The Morgan fingerprint density at radius 2 is 0.704 bits per heavy atom. The van der Waals surface area contributed by atoms with E-state index in [-0.39, 0.29) is 32.5 Å². The quantitative estimate of drug-likeness (QED) is 0.0865. The summed E-state index contributed by atoms with van der Waals surface area (Å²) in [5.74, 6) is 5.39. The number of hydrogen-bond acceptors (Lipinski definition) is 12. The van der Waals surface area contributed by atoms with Gasteiger partial charge in [-0.1, -0.05) is 224 Å². The number of methoxy groups -OCH3 is 4. The van der Waals surface area contributed by atoms with Crippen LogP contribution in [0.5, 0.6) is 34.5 Å². The van der Waals surface area contributed by atoms with Crippen LogP contribution in [0.1, 0.15) is 185 Å². The first kappa shape index (κ1) is 83.6. The largest absolute Gasteiger partial charge is 0.497 e. The van der Waals surface area contributed by atoms with E-state index in [1.165, 1.54) is 120 Å². The summed E-state index contributed by atoms with van der Waals surface area (Å²) in [6.07, 6.45) is 9.39. The first-order valence-corrected chi connectivity index (χ1v) is 50.3. The zero-order valence-corrected chi connectivity index (χ0v) is 79.3. The maximum atomic E-state index is 8.50. The van der Waals surface area contributed by atoms with Crippen molar-refractivity contribution >= 4 is 74.9 Å². The minimum absolute atomic E-state index is 0.0325. The van der Waals surface area contributed by atoms with Gasteiger partial charge in [-0.3, -0.25) is 0 Å². The summed E-state index contributed by atoms with van der Waals surface area (Å²) in [6, 6.07) is 75.2. The smallest absolute Gasteiger partial charge is 0.159 e. The molecule has 2 saturated heterocycles. The zero-order valence-electron chi connectivity index (χ0n) is 76.7. The molecule has 8 aliphatic rings. The monoisotopic (exact) mass is 1710 g/mol. The van der Waals surface area contributed by atoms with E-state index in [0.29, 0.717) is 26.4 Å². The number of fused-ring (bicyclic) bond motifs is 20. The summed E-state index contributed by atoms with van der Waals surface area (Å²) in [5, 5.41) is 7.25. The maximum Gasteiger partial charge on any atom is 0.159 e. The van der Waals surface area contributed by atoms with E-state index < -0.39 is 19.3 Å². The molecule has 2 atom stereocenters. The molecule has 2 spiro atoms. The van der Waals surface area contributed by atoms with Gasteiger partial charge in [0.2, 0.25) is 0 Å². The molecule has 0 N–H and O–H groups in total. The van der Waals surface area contributed by atoms with Gasteiger partial charge in [-0.05, 0) is 286 Å². The summed E-state index contributed by atoms with van der Waals surface area (Å²) in [5.41, 5.74) is 23.2. The summed E-state index contributed by atoms with van der Waals surface area (Å²) in [7, 11) is 4.81. The molecule has 12 aromatic carbocycles. The van der Waals surface area contributed by atoms with Crippen LogP contribution in [0.2, 0.25) is 13.1 Å². The fraction of sp³-hybridized carbons (Fsp3) is 0.393. The third-order valence-electron chi connectivity index (χ3n) is 30.1. The molecule has 13 heteroatoms. The normalized spacial score (nSPS) is 20.8. The zero-order chi connectivity index (χ0) is 86.9. The molecule has 125 heavy (non-hydrogen) atoms. The van der Waals surface area contributed by atoms with Gasteiger partial charge in [0.25, 0.3) is 0 Å². The van der Waals surface area contributed by atoms with Crippen molar-refractivity contribution in [3.63, 3.8) is 0 Å². The molecule has 20 rings (SSSR count). The number of benzene rings is 12. The second-order valence-corrected chi connectivity index (χ2v) is 48.0. The van der Waals surface area contributed by atoms with Crippen LogP contribution in [-0.4, -0.2) is 89.1 Å². The van der Waals surface area contributed by atoms with Gasteiger partial charge in [0.05, 0.1) is 64.7 Å². The van der Waals surface area contributed by atoms with Crippen LogP contribution in [0, 0.1) is 49.4 Å². The van der Waals surface area contributed by atoms with Gasteiger partial charge in [-0.15, -0.1) is 0 Å². The molecule has 10 nitrogen and oxygen atoms in total. The SMILES string of the molecule is COc1ccc2c(c1)C1(CC(C)(C)CC(C)(C)C1)c1c3c(c4cc(OC)c(Sc5c(C)cccc5C)cc4c1-2)OC(c1ccc(N2CCOCC2)cc1)(c1ccc([Si](C)(C)c2ccc(C4(c5ccc(N6CCOCC6)cc5)CCc5c6c(c7cc(Sc8c(C)cccc8C)c(OC)cc7c5O4)-c4ccc(OC)cc4C64CC(C)(C)CC(C)(C)C4)cc2)cc1)CC3. The van der Waals surface area contributed by atoms with Crippen molar-refractivity contribution < 1.29 is 37.9 Å². The molecule has 12 aromatic rings. The van der Waals surface area contributed by atoms with E-state index in [9.17, 15) is 0 Å². The Balaban J connectivity index is 0.730. The highest BCUT2D eigenvalue weighted by molar-refractivity contribution is 7.99. The molecule has 644 valence electrons. The lowest BCUT2D eigenvalue weighted by atomic mass is 9.52. The Labute approximate surface area is 750 Å². The van der Waals surface area contributed by atoms with E-state index in [2.05, 4.69) is 300 Å². The van der Waals surface area contributed by atoms with Crippen molar-refractivity contribution in [1.82, 2.24) is 0 Å². The first-order valence-electron chi connectivity index (χ1n) is 45.7. The number of nitrogens with zero attached hydrogens (tertiary/aromatic N) is 2. The topological polar surface area (TPSA) is 80.3 Å². The van der Waals surface area contributed by atoms with E-state index in [1.807, 2.05) is 52.0 Å². The number of rotatable bonds is 16. The lowest BCUT2D eigenvalue weighted by Gasteiger charge is -2.52. The van der Waals surface area contributed by atoms with E-state index in [0.717, 1.165) is 168 Å². The Bertz CT molecular complexity index is 5840. The molecule has 4 fully saturated rings. The van der Waals surface area contributed by atoms with Crippen molar-refractivity contribution in [2.24, 2.45) is 21.7 Å². The number of anilines is 2. The highest BCUT2D eigenvalue weighted by Crippen LogP contribution is 2.71. The number of hydrogen-bond donors (Lipinski definition) is 0. The number of aryl methyl sites for hydroxylation is 4. The van der Waals surface area contributed by atoms with Crippen LogP contribution in [0.25, 0.3) is 43.8 Å². The fourth-order valence-electron chi connectivity index (χ4n) is 25.9. The van der Waals surface area contributed by atoms with Crippen LogP contribution < -0.4 is 48.6 Å². The Morgan fingerprint density at radius 1 is 0.368 bits per heavy atom. The second-order valence-electron chi connectivity index (χ2n) is 41.5. The van der Waals surface area contributed by atoms with Gasteiger partial charge < -0.3 is 47.7 Å². The summed E-state index contributed by atoms with van der Waals surface area (Å²) < 4.78 is 54.5. The van der Waals surface area contributed by atoms with E-state index in [1.54, 1.807) is 0 Å². The molecule has 0 radical (unpaired) electrons. The Morgan fingerprint density at radius 3 is 1.03 bits per heavy atom. The highest BCUT2D eigenvalue weighted by atomic mass is 32.2. The molecule has 0 aromatic heterocycles. The minimum atomic E-state index is -2.51. The summed E-state index contributed by atoms with van der Waals surface area (Å²) in [6.45, 7) is 40.4. The van der Waals surface area contributed by atoms with Crippen molar-refractivity contribution in [2.75, 3.05) is 90.8 Å². The molecular weight excluding hydrogens is 1590 g/mol. The molecule has 4 aliphatic carbocycles. The Hall–Kier alpha value is -9.60. The summed E-state index contributed by atoms with van der Waals surface area (Å²) >= 11 is 3.63. The molecule has 4 heterocycles. The molecule has 0 bridgehead atoms. The van der Waals surface area contributed by atoms with Crippen molar-refractivity contribution in [1.29, 1.82) is 0 Å². The maximum absolute atomic E-state index is 8.50. The van der Waals surface area contributed by atoms with Crippen molar-refractivity contribution in [2.45, 2.75) is 202 Å². The van der Waals surface area contributed by atoms with Crippen LogP contribution in [0.15, 0.2) is 214 Å². The average Bonchev–Trinajstić information content (AvgIpc) is 1.53. The third kappa shape index (κ3) is 13.9. The number of morpholine rings is 2. The van der Waals surface area contributed by atoms with Gasteiger partial charge in [0.15, 0.2) is 11.2 Å². The van der Waals surface area contributed by atoms with Gasteiger partial charge in [0.1, 0.15) is 42.6 Å². The fourth-order valence-corrected chi connectivity index (χ4v) is 30.5. The standard InChI is InChI=1S/C112H122N2O8S2Si/c1-69-21-19-22-70(2)103(69)123-95-61-87-89(59-93(95)117-15)101-85(99-97(87)83-43-37-79(115-13)57-91(83)109(99)65-105(5,6)63-106(7,8)66-109)45-47-111(121-101,73-25-33-77(34-26-73)113-49-53-119-54-50-113)75-29-39-81(40-30-75)125(17,18)82-41-31-76(32-42-82)112(74-27-35-78(36-28-74)114-51-55-120-56-52-114)48-46-86-100-98(84-44-38-80(116-14)58-92(84)110(100)67-107(9,10)64-108(11,12)68-110)88-62-96(94(118-16)60-90(88)102(86)122-112)124-104-71(3)23-20-24-72(104)4/h19-44,57-62H,45-56,63-68H2,1-18H3. The van der Waals surface area contributed by atoms with Gasteiger partial charge in [-0.2, -0.15) is 0 Å². The van der Waals surface area contributed by atoms with Gasteiger partial charge >= 0.3 is 0 Å². The minimum Gasteiger partial charge on any atom is -0.497 e. The van der Waals surface area contributed by atoms with Gasteiger partial charge in [-0.25, -0.2) is 0 Å². The van der Waals surface area contributed by atoms with Crippen LogP contribution in [0.3, 0.4) is 0 Å². The number of ether oxygens (including phenoxy) is 8. The van der Waals surface area contributed by atoms with Crippen LogP contribution in [-0.2, 0) is 44.3 Å². The van der Waals surface area contributed by atoms with E-state index >= 15 is 0 Å². The summed E-state index contributed by atoms with van der Waals surface area (Å²) in [4.78, 5) is 9.60. The predicted molar refractivity (Wildman–Crippen MR) is 517 cm³/mol. The Kier molecular flexibility index (Phi) is 20.6.